The Bertz CT molecular complexity index is 633. The first-order valence-electron chi connectivity index (χ1n) is 6.02. The van der Waals surface area contributed by atoms with Gasteiger partial charge in [0.1, 0.15) is 6.10 Å². The zero-order valence-corrected chi connectivity index (χ0v) is 10.6. The van der Waals surface area contributed by atoms with E-state index in [0.29, 0.717) is 11.1 Å². The molecule has 0 aliphatic carbocycles. The molecule has 2 aromatic carbocycles. The van der Waals surface area contributed by atoms with Crippen LogP contribution in [0.4, 0.5) is 0 Å². The molecule has 1 atom stereocenters. The summed E-state index contributed by atoms with van der Waals surface area (Å²) in [4.78, 5) is 11.3. The van der Waals surface area contributed by atoms with Gasteiger partial charge in [-0.05, 0) is 30.7 Å². The molecule has 2 aromatic rings. The Labute approximate surface area is 112 Å². The summed E-state index contributed by atoms with van der Waals surface area (Å²) in [5.74, 6) is 5.66. The first-order valence-corrected chi connectivity index (χ1v) is 6.02. The van der Waals surface area contributed by atoms with Gasteiger partial charge in [0.2, 0.25) is 0 Å². The van der Waals surface area contributed by atoms with Crippen molar-refractivity contribution in [3.63, 3.8) is 0 Å². The summed E-state index contributed by atoms with van der Waals surface area (Å²) in [6.45, 7) is 1.50. The number of carbonyl (C=O) groups is 1. The van der Waals surface area contributed by atoms with Crippen LogP contribution in [-0.4, -0.2) is 10.9 Å². The second kappa shape index (κ2) is 5.99. The van der Waals surface area contributed by atoms with Crippen molar-refractivity contribution in [1.29, 1.82) is 0 Å². The SMILES string of the molecule is CC(=O)c1cccc(C(O)C#Cc2ccccc2)c1. The zero-order chi connectivity index (χ0) is 13.7. The molecule has 0 aliphatic rings. The number of rotatable bonds is 2. The lowest BCUT2D eigenvalue weighted by molar-refractivity contribution is 0.101. The van der Waals surface area contributed by atoms with E-state index in [4.69, 9.17) is 0 Å². The van der Waals surface area contributed by atoms with E-state index in [0.717, 1.165) is 5.56 Å². The van der Waals surface area contributed by atoms with Crippen molar-refractivity contribution in [2.75, 3.05) is 0 Å². The van der Waals surface area contributed by atoms with Crippen molar-refractivity contribution < 1.29 is 9.90 Å². The third-order valence-electron chi connectivity index (χ3n) is 2.74. The van der Waals surface area contributed by atoms with Gasteiger partial charge in [0.15, 0.2) is 5.78 Å². The molecule has 94 valence electrons. The molecule has 2 rings (SSSR count). The summed E-state index contributed by atoms with van der Waals surface area (Å²) in [6, 6.07) is 16.4. The van der Waals surface area contributed by atoms with E-state index in [-0.39, 0.29) is 5.78 Å². The molecule has 0 bridgehead atoms. The number of aliphatic hydroxyl groups is 1. The Morgan fingerprint density at radius 2 is 1.84 bits per heavy atom. The van der Waals surface area contributed by atoms with Crippen LogP contribution in [0.5, 0.6) is 0 Å². The smallest absolute Gasteiger partial charge is 0.159 e. The maximum Gasteiger partial charge on any atom is 0.159 e. The summed E-state index contributed by atoms with van der Waals surface area (Å²) in [5.41, 5.74) is 2.07. The molecular formula is C17H14O2. The first-order chi connectivity index (χ1) is 9.16. The minimum atomic E-state index is -0.889. The molecule has 0 spiro atoms. The molecule has 0 aromatic heterocycles. The molecule has 0 saturated heterocycles. The molecule has 0 radical (unpaired) electrons. The second-order valence-electron chi connectivity index (χ2n) is 4.22. The molecule has 19 heavy (non-hydrogen) atoms. The number of hydrogen-bond acceptors (Lipinski definition) is 2. The fraction of sp³-hybridized carbons (Fsp3) is 0.118. The monoisotopic (exact) mass is 250 g/mol. The molecule has 0 heterocycles. The third kappa shape index (κ3) is 3.54. The Balaban J connectivity index is 2.21. The van der Waals surface area contributed by atoms with Gasteiger partial charge < -0.3 is 5.11 Å². The average Bonchev–Trinajstić information content (AvgIpc) is 2.46. The highest BCUT2D eigenvalue weighted by Gasteiger charge is 2.06. The van der Waals surface area contributed by atoms with E-state index < -0.39 is 6.10 Å². The van der Waals surface area contributed by atoms with E-state index in [1.165, 1.54) is 6.92 Å². The van der Waals surface area contributed by atoms with Gasteiger partial charge in [0.25, 0.3) is 0 Å². The van der Waals surface area contributed by atoms with Crippen molar-refractivity contribution in [2.45, 2.75) is 13.0 Å². The van der Waals surface area contributed by atoms with Crippen molar-refractivity contribution in [3.05, 3.63) is 71.3 Å². The Kier molecular flexibility index (Phi) is 4.12. The van der Waals surface area contributed by atoms with Gasteiger partial charge >= 0.3 is 0 Å². The number of aliphatic hydroxyl groups excluding tert-OH is 1. The summed E-state index contributed by atoms with van der Waals surface area (Å²) < 4.78 is 0. The van der Waals surface area contributed by atoms with Crippen molar-refractivity contribution >= 4 is 5.78 Å². The fourth-order valence-electron chi connectivity index (χ4n) is 1.68. The fourth-order valence-corrected chi connectivity index (χ4v) is 1.68. The molecule has 0 amide bonds. The van der Waals surface area contributed by atoms with Gasteiger partial charge in [-0.2, -0.15) is 0 Å². The number of Topliss-reactive ketones (excluding diaryl/α,β-unsaturated/α-hetero) is 1. The predicted octanol–water partition coefficient (Wildman–Crippen LogP) is 2.97. The maximum absolute atomic E-state index is 11.3. The summed E-state index contributed by atoms with van der Waals surface area (Å²) in [6.07, 6.45) is -0.889. The zero-order valence-electron chi connectivity index (χ0n) is 10.6. The van der Waals surface area contributed by atoms with Crippen LogP contribution in [-0.2, 0) is 0 Å². The van der Waals surface area contributed by atoms with Crippen molar-refractivity contribution in [1.82, 2.24) is 0 Å². The third-order valence-corrected chi connectivity index (χ3v) is 2.74. The largest absolute Gasteiger partial charge is 0.376 e. The van der Waals surface area contributed by atoms with Crippen LogP contribution in [0.25, 0.3) is 0 Å². The number of ketones is 1. The lowest BCUT2D eigenvalue weighted by Crippen LogP contribution is -1.98. The highest BCUT2D eigenvalue weighted by Crippen LogP contribution is 2.14. The highest BCUT2D eigenvalue weighted by atomic mass is 16.3. The van der Waals surface area contributed by atoms with E-state index in [1.807, 2.05) is 30.3 Å². The van der Waals surface area contributed by atoms with Gasteiger partial charge in [-0.1, -0.05) is 48.2 Å². The Morgan fingerprint density at radius 1 is 1.11 bits per heavy atom. The van der Waals surface area contributed by atoms with Crippen LogP contribution in [0.1, 0.15) is 34.5 Å². The van der Waals surface area contributed by atoms with Crippen LogP contribution in [0.2, 0.25) is 0 Å². The molecule has 1 unspecified atom stereocenters. The molecule has 2 nitrogen and oxygen atoms in total. The minimum absolute atomic E-state index is 0.0231. The number of benzene rings is 2. The standard InChI is InChI=1S/C17H14O2/c1-13(18)15-8-5-9-16(12-15)17(19)11-10-14-6-3-2-4-7-14/h2-9,12,17,19H,1H3. The predicted molar refractivity (Wildman–Crippen MR) is 74.7 cm³/mol. The summed E-state index contributed by atoms with van der Waals surface area (Å²) in [7, 11) is 0. The highest BCUT2D eigenvalue weighted by molar-refractivity contribution is 5.94. The van der Waals surface area contributed by atoms with Crippen LogP contribution in [0.15, 0.2) is 54.6 Å². The van der Waals surface area contributed by atoms with E-state index >= 15 is 0 Å². The second-order valence-corrected chi connectivity index (χ2v) is 4.22. The lowest BCUT2D eigenvalue weighted by atomic mass is 10.0. The molecule has 0 fully saturated rings. The summed E-state index contributed by atoms with van der Waals surface area (Å²) in [5, 5.41) is 10.0. The van der Waals surface area contributed by atoms with Crippen LogP contribution < -0.4 is 0 Å². The van der Waals surface area contributed by atoms with Gasteiger partial charge in [-0.15, -0.1) is 0 Å². The van der Waals surface area contributed by atoms with Crippen LogP contribution >= 0.6 is 0 Å². The van der Waals surface area contributed by atoms with Crippen molar-refractivity contribution in [2.24, 2.45) is 0 Å². The first kappa shape index (κ1) is 13.1. The average molecular weight is 250 g/mol. The van der Waals surface area contributed by atoms with E-state index in [1.54, 1.807) is 24.3 Å². The molecule has 1 N–H and O–H groups in total. The van der Waals surface area contributed by atoms with Gasteiger partial charge in [-0.3, -0.25) is 4.79 Å². The van der Waals surface area contributed by atoms with Gasteiger partial charge in [-0.25, -0.2) is 0 Å². The Morgan fingerprint density at radius 3 is 2.53 bits per heavy atom. The minimum Gasteiger partial charge on any atom is -0.376 e. The molecule has 2 heteroatoms. The topological polar surface area (TPSA) is 37.3 Å². The quantitative estimate of drug-likeness (QED) is 0.657. The molecule has 0 saturated carbocycles. The van der Waals surface area contributed by atoms with Gasteiger partial charge in [0.05, 0.1) is 0 Å². The number of hydrogen-bond donors (Lipinski definition) is 1. The van der Waals surface area contributed by atoms with Crippen LogP contribution in [0, 0.1) is 11.8 Å². The molecule has 0 aliphatic heterocycles. The lowest BCUT2D eigenvalue weighted by Gasteiger charge is -2.05. The maximum atomic E-state index is 11.3. The van der Waals surface area contributed by atoms with Crippen molar-refractivity contribution in [3.8, 4) is 11.8 Å². The van der Waals surface area contributed by atoms with E-state index in [2.05, 4.69) is 11.8 Å². The van der Waals surface area contributed by atoms with Gasteiger partial charge in [0, 0.05) is 11.1 Å². The normalized spacial score (nSPS) is 11.3. The number of carbonyl (C=O) groups excluding carboxylic acids is 1. The summed E-state index contributed by atoms with van der Waals surface area (Å²) >= 11 is 0. The molecular weight excluding hydrogens is 236 g/mol. The van der Waals surface area contributed by atoms with E-state index in [9.17, 15) is 9.90 Å². The van der Waals surface area contributed by atoms with Crippen LogP contribution in [0.3, 0.4) is 0 Å². The Hall–Kier alpha value is -2.37.